The van der Waals surface area contributed by atoms with Gasteiger partial charge in [-0.15, -0.1) is 0 Å². The molecule has 0 spiro atoms. The Kier molecular flexibility index (Phi) is 7.43. The van der Waals surface area contributed by atoms with Crippen molar-refractivity contribution in [2.45, 2.75) is 43.7 Å². The Morgan fingerprint density at radius 1 is 1.12 bits per heavy atom. The summed E-state index contributed by atoms with van der Waals surface area (Å²) in [5.41, 5.74) is 1.83. The van der Waals surface area contributed by atoms with Crippen molar-refractivity contribution < 1.29 is 17.7 Å². The molecule has 0 saturated carbocycles. The maximum absolute atomic E-state index is 12.9. The van der Waals surface area contributed by atoms with Gasteiger partial charge in [-0.05, 0) is 50.0 Å². The van der Waals surface area contributed by atoms with Crippen molar-refractivity contribution in [3.63, 3.8) is 0 Å². The molecule has 1 aromatic heterocycles. The van der Waals surface area contributed by atoms with Gasteiger partial charge in [0.25, 0.3) is 0 Å². The van der Waals surface area contributed by atoms with Crippen LogP contribution in [0.25, 0.3) is 11.4 Å². The fraction of sp³-hybridized carbons (Fsp3) is 0.400. The van der Waals surface area contributed by atoms with E-state index in [4.69, 9.17) is 4.52 Å². The van der Waals surface area contributed by atoms with Crippen LogP contribution < -0.4 is 5.32 Å². The molecule has 1 aliphatic heterocycles. The molecule has 3 aromatic rings. The number of amides is 1. The molecule has 34 heavy (non-hydrogen) atoms. The average Bonchev–Trinajstić information content (AvgIpc) is 3.31. The minimum absolute atomic E-state index is 0.0443. The number of carbonyl (C=O) groups excluding carboxylic acids is 1. The third-order valence-electron chi connectivity index (χ3n) is 6.25. The van der Waals surface area contributed by atoms with E-state index < -0.39 is 9.84 Å². The Labute approximate surface area is 200 Å². The Morgan fingerprint density at radius 3 is 2.41 bits per heavy atom. The first-order chi connectivity index (χ1) is 16.3. The lowest BCUT2D eigenvalue weighted by Gasteiger charge is -2.31. The third kappa shape index (κ3) is 5.90. The fourth-order valence-electron chi connectivity index (χ4n) is 4.23. The molecular formula is C25H30N4O4S. The molecule has 1 amide bonds. The van der Waals surface area contributed by atoms with Crippen molar-refractivity contribution in [3.05, 3.63) is 66.1 Å². The van der Waals surface area contributed by atoms with Crippen molar-refractivity contribution >= 4 is 15.7 Å². The summed E-state index contributed by atoms with van der Waals surface area (Å²) in [7, 11) is -3.24. The van der Waals surface area contributed by atoms with Gasteiger partial charge in [-0.2, -0.15) is 4.98 Å². The lowest BCUT2D eigenvalue weighted by Crippen LogP contribution is -2.41. The largest absolute Gasteiger partial charge is 0.349 e. The summed E-state index contributed by atoms with van der Waals surface area (Å²) in [5.74, 6) is 1.15. The van der Waals surface area contributed by atoms with Gasteiger partial charge < -0.3 is 9.84 Å². The monoisotopic (exact) mass is 482 g/mol. The van der Waals surface area contributed by atoms with Crippen LogP contribution in [0.2, 0.25) is 0 Å². The molecule has 9 heteroatoms. The zero-order chi connectivity index (χ0) is 24.1. The number of rotatable bonds is 8. The van der Waals surface area contributed by atoms with Gasteiger partial charge in [0.05, 0.1) is 17.5 Å². The van der Waals surface area contributed by atoms with Crippen molar-refractivity contribution in [1.29, 1.82) is 0 Å². The molecule has 1 N–H and O–H groups in total. The molecular weight excluding hydrogens is 452 g/mol. The van der Waals surface area contributed by atoms with E-state index in [0.29, 0.717) is 18.3 Å². The Bertz CT molecular complexity index is 1200. The topological polar surface area (TPSA) is 105 Å². The second kappa shape index (κ2) is 10.5. The lowest BCUT2D eigenvalue weighted by atomic mass is 9.94. The van der Waals surface area contributed by atoms with Crippen LogP contribution in [-0.4, -0.2) is 48.7 Å². The predicted molar refractivity (Wildman–Crippen MR) is 128 cm³/mol. The molecule has 1 atom stereocenters. The van der Waals surface area contributed by atoms with Gasteiger partial charge in [0, 0.05) is 17.7 Å². The van der Waals surface area contributed by atoms with Gasteiger partial charge in [0.15, 0.2) is 9.84 Å². The second-order valence-electron chi connectivity index (χ2n) is 8.74. The van der Waals surface area contributed by atoms with Gasteiger partial charge in [-0.25, -0.2) is 8.42 Å². The van der Waals surface area contributed by atoms with Gasteiger partial charge in [-0.3, -0.25) is 9.69 Å². The number of aromatic nitrogens is 2. The van der Waals surface area contributed by atoms with E-state index in [9.17, 15) is 13.2 Å². The van der Waals surface area contributed by atoms with E-state index in [1.807, 2.05) is 37.3 Å². The number of nitrogens with one attached hydrogen (secondary N) is 1. The molecule has 4 rings (SSSR count). The highest BCUT2D eigenvalue weighted by atomic mass is 32.2. The quantitative estimate of drug-likeness (QED) is 0.523. The van der Waals surface area contributed by atoms with Crippen molar-refractivity contribution in [3.8, 4) is 11.4 Å². The van der Waals surface area contributed by atoms with Crippen LogP contribution in [0.15, 0.2) is 64.0 Å². The average molecular weight is 483 g/mol. The third-order valence-corrected chi connectivity index (χ3v) is 7.38. The molecule has 2 heterocycles. The molecule has 1 fully saturated rings. The Morgan fingerprint density at radius 2 is 1.79 bits per heavy atom. The second-order valence-corrected chi connectivity index (χ2v) is 10.8. The van der Waals surface area contributed by atoms with Crippen LogP contribution in [0.4, 0.5) is 0 Å². The van der Waals surface area contributed by atoms with E-state index in [1.54, 1.807) is 24.3 Å². The highest BCUT2D eigenvalue weighted by Crippen LogP contribution is 2.24. The molecule has 1 unspecified atom stereocenters. The predicted octanol–water partition coefficient (Wildman–Crippen LogP) is 3.62. The van der Waals surface area contributed by atoms with E-state index in [2.05, 4.69) is 20.4 Å². The van der Waals surface area contributed by atoms with Crippen LogP contribution in [0.5, 0.6) is 0 Å². The summed E-state index contributed by atoms with van der Waals surface area (Å²) in [5, 5.41) is 7.22. The Balaban J connectivity index is 1.29. The molecule has 2 aromatic carbocycles. The highest BCUT2D eigenvalue weighted by molar-refractivity contribution is 7.90. The number of hydrogen-bond acceptors (Lipinski definition) is 7. The molecule has 0 radical (unpaired) electrons. The normalized spacial score (nSPS) is 16.3. The zero-order valence-electron chi connectivity index (χ0n) is 19.5. The van der Waals surface area contributed by atoms with E-state index in [1.165, 1.54) is 6.26 Å². The van der Waals surface area contributed by atoms with E-state index in [0.717, 1.165) is 43.5 Å². The van der Waals surface area contributed by atoms with Gasteiger partial charge in [-0.1, -0.05) is 54.5 Å². The van der Waals surface area contributed by atoms with E-state index in [-0.39, 0.29) is 22.8 Å². The van der Waals surface area contributed by atoms with E-state index >= 15 is 0 Å². The number of sulfone groups is 1. The molecule has 1 saturated heterocycles. The molecule has 1 aliphatic rings. The van der Waals surface area contributed by atoms with Gasteiger partial charge >= 0.3 is 0 Å². The highest BCUT2D eigenvalue weighted by Gasteiger charge is 2.27. The molecule has 0 bridgehead atoms. The van der Waals surface area contributed by atoms with Crippen LogP contribution >= 0.6 is 0 Å². The van der Waals surface area contributed by atoms with Crippen LogP contribution in [-0.2, 0) is 21.2 Å². The number of hydrogen-bond donors (Lipinski definition) is 1. The maximum Gasteiger partial charge on any atom is 0.241 e. The first-order valence-electron chi connectivity index (χ1n) is 11.5. The smallest absolute Gasteiger partial charge is 0.241 e. The standard InChI is InChI=1S/C25H30N4O4S/c1-3-22(18-9-11-21(12-10-18)34(2,31)32)26-25(30)20-13-15-29(16-14-20)17-23-27-24(28-33-23)19-7-5-4-6-8-19/h4-12,20,22H,3,13-17H2,1-2H3,(H,26,30). The number of carbonyl (C=O) groups is 1. The molecule has 0 aliphatic carbocycles. The summed E-state index contributed by atoms with van der Waals surface area (Å²) < 4.78 is 28.8. The summed E-state index contributed by atoms with van der Waals surface area (Å²) in [6.07, 6.45) is 3.43. The van der Waals surface area contributed by atoms with Crippen LogP contribution in [0.3, 0.4) is 0 Å². The van der Waals surface area contributed by atoms with Crippen molar-refractivity contribution in [2.24, 2.45) is 5.92 Å². The Hall–Kier alpha value is -3.04. The summed E-state index contributed by atoms with van der Waals surface area (Å²) in [4.78, 5) is 19.9. The minimum Gasteiger partial charge on any atom is -0.349 e. The summed E-state index contributed by atoms with van der Waals surface area (Å²) in [6, 6.07) is 16.3. The summed E-state index contributed by atoms with van der Waals surface area (Å²) in [6.45, 7) is 4.13. The molecule has 8 nitrogen and oxygen atoms in total. The SMILES string of the molecule is CCC(NC(=O)C1CCN(Cc2nc(-c3ccccc3)no2)CC1)c1ccc(S(C)(=O)=O)cc1. The number of likely N-dealkylation sites (tertiary alicyclic amines) is 1. The van der Waals surface area contributed by atoms with Crippen LogP contribution in [0, 0.1) is 5.92 Å². The first-order valence-corrected chi connectivity index (χ1v) is 13.4. The maximum atomic E-state index is 12.9. The summed E-state index contributed by atoms with van der Waals surface area (Å²) >= 11 is 0. The zero-order valence-corrected chi connectivity index (χ0v) is 20.3. The first kappa shape index (κ1) is 24.1. The number of piperidine rings is 1. The van der Waals surface area contributed by atoms with Gasteiger partial charge in [0.2, 0.25) is 17.6 Å². The lowest BCUT2D eigenvalue weighted by molar-refractivity contribution is -0.127. The number of nitrogens with zero attached hydrogens (tertiary/aromatic N) is 3. The van der Waals surface area contributed by atoms with Crippen molar-refractivity contribution in [2.75, 3.05) is 19.3 Å². The van der Waals surface area contributed by atoms with Gasteiger partial charge in [0.1, 0.15) is 0 Å². The van der Waals surface area contributed by atoms with Crippen LogP contribution in [0.1, 0.15) is 43.7 Å². The minimum atomic E-state index is -3.24. The molecule has 180 valence electrons. The van der Waals surface area contributed by atoms with Crippen molar-refractivity contribution in [1.82, 2.24) is 20.4 Å². The fourth-order valence-corrected chi connectivity index (χ4v) is 4.86. The number of benzene rings is 2.